The molecular weight excluding hydrogens is 186 g/mol. The minimum Gasteiger partial charge on any atom is -0.506 e. The van der Waals surface area contributed by atoms with Crippen LogP contribution >= 0.6 is 0 Å². The van der Waals surface area contributed by atoms with Gasteiger partial charge in [0.1, 0.15) is 0 Å². The van der Waals surface area contributed by atoms with Crippen LogP contribution < -0.4 is 4.66 Å². The Kier molecular flexibility index (Phi) is 20.0. The quantitative estimate of drug-likeness (QED) is 0.440. The van der Waals surface area contributed by atoms with E-state index in [4.69, 9.17) is 9.32 Å². The summed E-state index contributed by atoms with van der Waals surface area (Å²) >= 11 is -0.167. The molecule has 0 aliphatic carbocycles. The van der Waals surface area contributed by atoms with Crippen LogP contribution in [0.1, 0.15) is 0 Å². The van der Waals surface area contributed by atoms with Gasteiger partial charge in [-0.05, 0) is 0 Å². The topological polar surface area (TPSA) is 43.3 Å². The number of halogens is 1. The van der Waals surface area contributed by atoms with E-state index in [1.165, 1.54) is 0 Å². The fourth-order valence-electron chi connectivity index (χ4n) is 0. The van der Waals surface area contributed by atoms with Crippen molar-refractivity contribution in [2.45, 2.75) is 0 Å². The van der Waals surface area contributed by atoms with Crippen LogP contribution in [0.5, 0.6) is 0 Å². The fraction of sp³-hybridized carbons (Fsp3) is 0. The molecule has 4 heteroatoms. The van der Waals surface area contributed by atoms with E-state index in [-0.39, 0.29) is 35.2 Å². The van der Waals surface area contributed by atoms with Crippen molar-refractivity contribution in [3.63, 3.8) is 0 Å². The summed E-state index contributed by atoms with van der Waals surface area (Å²) in [5, 5.41) is 0. The van der Waals surface area contributed by atoms with E-state index in [2.05, 4.69) is 0 Å². The van der Waals surface area contributed by atoms with Crippen LogP contribution in [0.25, 0.3) is 0 Å². The number of rotatable bonds is 0. The van der Waals surface area contributed by atoms with E-state index in [0.29, 0.717) is 0 Å². The molecule has 0 atom stereocenters. The molecule has 0 aromatic heterocycles. The second-order valence-electron chi connectivity index (χ2n) is 0.0690. The normalized spacial score (nSPS) is 4.50. The van der Waals surface area contributed by atoms with E-state index in [9.17, 15) is 0 Å². The van der Waals surface area contributed by atoms with Gasteiger partial charge in [-0.25, -0.2) is 0 Å². The maximum atomic E-state index is 8.35. The van der Waals surface area contributed by atoms with Crippen molar-refractivity contribution in [3.8, 4) is 0 Å². The zero-order chi connectivity index (χ0) is 2.71. The van der Waals surface area contributed by atoms with Crippen molar-refractivity contribution in [1.82, 2.24) is 0 Å². The maximum Gasteiger partial charge on any atom is 0.327 e. The monoisotopic (exact) mass is 188 g/mol. The molecule has 0 fully saturated rings. The van der Waals surface area contributed by atoms with Crippen LogP contribution in [0.3, 0.4) is 0 Å². The molecule has 0 heterocycles. The Balaban J connectivity index is 0. The van der Waals surface area contributed by atoms with Crippen LogP contribution in [0.2, 0.25) is 0 Å². The van der Waals surface area contributed by atoms with Gasteiger partial charge in [0.2, 0.25) is 0 Å². The average Bonchev–Trinajstić information content (AvgIpc) is 0.918. The Morgan fingerprint density at radius 1 is 1.75 bits per heavy atom. The molecule has 0 aliphatic rings. The molecule has 24 valence electrons. The van der Waals surface area contributed by atoms with E-state index in [0.717, 1.165) is 0 Å². The Morgan fingerprint density at radius 3 is 1.75 bits per heavy atom. The maximum absolute atomic E-state index is 8.35. The predicted octanol–water partition coefficient (Wildman–Crippen LogP) is -2.13. The fourth-order valence-corrected chi connectivity index (χ4v) is 0. The van der Waals surface area contributed by atoms with Crippen LogP contribution in [-0.2, 0) is 0 Å². The minimum absolute atomic E-state index is 0. The molecule has 1 N–H and O–H groups in total. The van der Waals surface area contributed by atoms with Gasteiger partial charge in [-0.15, -0.1) is 4.66 Å². The van der Waals surface area contributed by atoms with Crippen molar-refractivity contribution >= 4 is 23.9 Å². The average molecular weight is 187 g/mol. The Bertz CT molecular complexity index is 6.00. The Morgan fingerprint density at radius 2 is 1.75 bits per heavy atom. The van der Waals surface area contributed by atoms with Crippen LogP contribution in [0, 0.1) is 11.3 Å². The SMILES string of the molecule is [O-][Cl+]O.[Sn]. The number of hydrogen-bond acceptors (Lipinski definition) is 2. The Hall–Kier alpha value is 1.01. The molecule has 4 radical (unpaired) electrons. The molecule has 0 saturated carbocycles. The summed E-state index contributed by atoms with van der Waals surface area (Å²) in [6.45, 7) is 0. The van der Waals surface area contributed by atoms with Gasteiger partial charge in [-0.3, -0.25) is 0 Å². The molecule has 0 aliphatic heterocycles. The minimum atomic E-state index is -0.167. The van der Waals surface area contributed by atoms with Crippen molar-refractivity contribution in [2.75, 3.05) is 0 Å². The third-order valence-electron chi connectivity index (χ3n) is 0. The summed E-state index contributed by atoms with van der Waals surface area (Å²) in [6, 6.07) is 0. The van der Waals surface area contributed by atoms with Crippen LogP contribution in [0.4, 0.5) is 0 Å². The first-order chi connectivity index (χ1) is 1.41. The van der Waals surface area contributed by atoms with Crippen molar-refractivity contribution in [2.24, 2.45) is 0 Å². The van der Waals surface area contributed by atoms with Crippen LogP contribution in [-0.4, -0.2) is 28.6 Å². The van der Waals surface area contributed by atoms with Crippen LogP contribution in [0.15, 0.2) is 0 Å². The smallest absolute Gasteiger partial charge is 0.327 e. The predicted molar refractivity (Wildman–Crippen MR) is 7.97 cm³/mol. The van der Waals surface area contributed by atoms with E-state index in [1.54, 1.807) is 0 Å². The molecule has 0 rings (SSSR count). The largest absolute Gasteiger partial charge is 0.506 e. The van der Waals surface area contributed by atoms with Crippen molar-refractivity contribution < 1.29 is 20.6 Å². The molecule has 0 saturated heterocycles. The van der Waals surface area contributed by atoms with Gasteiger partial charge >= 0.3 is 11.3 Å². The van der Waals surface area contributed by atoms with Gasteiger partial charge in [0.25, 0.3) is 0 Å². The Labute approximate surface area is 44.8 Å². The standard InChI is InChI=1S/ClHO2.Sn/c2-1-3;/h2H;. The zero-order valence-electron chi connectivity index (χ0n) is 1.73. The van der Waals surface area contributed by atoms with Gasteiger partial charge in [-0.1, -0.05) is 0 Å². The molecule has 0 amide bonds. The first kappa shape index (κ1) is 8.89. The first-order valence-electron chi connectivity index (χ1n) is 0.323. The first-order valence-corrected chi connectivity index (χ1v) is 0.970. The third-order valence-corrected chi connectivity index (χ3v) is 0. The molecule has 0 aromatic rings. The second kappa shape index (κ2) is 8.99. The summed E-state index contributed by atoms with van der Waals surface area (Å²) in [4.78, 5) is 0. The third kappa shape index (κ3) is 11.9. The molecular formula is HClO2Sn. The van der Waals surface area contributed by atoms with Gasteiger partial charge in [0.15, 0.2) is 0 Å². The molecule has 0 unspecified atom stereocenters. The van der Waals surface area contributed by atoms with Gasteiger partial charge < -0.3 is 4.66 Å². The van der Waals surface area contributed by atoms with E-state index >= 15 is 0 Å². The van der Waals surface area contributed by atoms with E-state index in [1.807, 2.05) is 0 Å². The van der Waals surface area contributed by atoms with Gasteiger partial charge in [0, 0.05) is 23.9 Å². The summed E-state index contributed by atoms with van der Waals surface area (Å²) in [6.07, 6.45) is 0. The zero-order valence-corrected chi connectivity index (χ0v) is 5.34. The second-order valence-corrected chi connectivity index (χ2v) is 0.207. The molecule has 0 bridgehead atoms. The summed E-state index contributed by atoms with van der Waals surface area (Å²) in [7, 11) is 0. The molecule has 2 nitrogen and oxygen atoms in total. The molecule has 0 spiro atoms. The molecule has 0 aromatic carbocycles. The van der Waals surface area contributed by atoms with Crippen molar-refractivity contribution in [3.05, 3.63) is 0 Å². The molecule has 4 heavy (non-hydrogen) atoms. The summed E-state index contributed by atoms with van der Waals surface area (Å²) in [5.74, 6) is 0. The van der Waals surface area contributed by atoms with Gasteiger partial charge in [-0.2, -0.15) is 0 Å². The summed E-state index contributed by atoms with van der Waals surface area (Å²) < 4.78 is 15.2. The van der Waals surface area contributed by atoms with Crippen molar-refractivity contribution in [1.29, 1.82) is 0 Å². The summed E-state index contributed by atoms with van der Waals surface area (Å²) in [5.41, 5.74) is 0. The van der Waals surface area contributed by atoms with Gasteiger partial charge in [0.05, 0.1) is 0 Å². The number of hydrogen-bond donors (Lipinski definition) is 1. The van der Waals surface area contributed by atoms with E-state index < -0.39 is 0 Å².